The maximum absolute atomic E-state index is 13.1. The average Bonchev–Trinajstić information content (AvgIpc) is 3.26. The molecule has 0 radical (unpaired) electrons. The molecule has 1 saturated heterocycles. The molecule has 0 spiro atoms. The molecular formula is C25H31N5OS. The van der Waals surface area contributed by atoms with Crippen LogP contribution in [0.5, 0.6) is 0 Å². The molecule has 1 atom stereocenters. The van der Waals surface area contributed by atoms with E-state index < -0.39 is 0 Å². The van der Waals surface area contributed by atoms with Crippen LogP contribution in [0, 0.1) is 0 Å². The summed E-state index contributed by atoms with van der Waals surface area (Å²) in [5.74, 6) is 0.945. The SMILES string of the molecule is CCc1cccc(CC)c1-n1c(SC(C)C(=O)N2CCCCC2)nnc1-c1cccnc1. The Kier molecular flexibility index (Phi) is 7.25. The summed E-state index contributed by atoms with van der Waals surface area (Å²) >= 11 is 1.50. The minimum atomic E-state index is -0.225. The zero-order valence-electron chi connectivity index (χ0n) is 19.1. The fourth-order valence-electron chi connectivity index (χ4n) is 4.31. The highest BCUT2D eigenvalue weighted by Gasteiger charge is 2.27. The number of carbonyl (C=O) groups excluding carboxylic acids is 1. The summed E-state index contributed by atoms with van der Waals surface area (Å²) in [5.41, 5.74) is 4.52. The lowest BCUT2D eigenvalue weighted by atomic mass is 10.0. The first-order valence-electron chi connectivity index (χ1n) is 11.6. The number of aromatic nitrogens is 4. The number of para-hydroxylation sites is 1. The van der Waals surface area contributed by atoms with Gasteiger partial charge in [0.05, 0.1) is 10.9 Å². The molecule has 1 amide bonds. The maximum atomic E-state index is 13.1. The number of thioether (sulfide) groups is 1. The molecule has 0 saturated carbocycles. The summed E-state index contributed by atoms with van der Waals surface area (Å²) in [6.07, 6.45) is 8.78. The van der Waals surface area contributed by atoms with Gasteiger partial charge >= 0.3 is 0 Å². The highest BCUT2D eigenvalue weighted by Crippen LogP contribution is 2.34. The summed E-state index contributed by atoms with van der Waals surface area (Å²) in [6.45, 7) is 8.03. The number of pyridine rings is 1. The van der Waals surface area contributed by atoms with Crippen LogP contribution in [0.25, 0.3) is 17.1 Å². The number of amides is 1. The van der Waals surface area contributed by atoms with Crippen molar-refractivity contribution in [1.29, 1.82) is 0 Å². The van der Waals surface area contributed by atoms with Gasteiger partial charge in [-0.2, -0.15) is 0 Å². The number of carbonyl (C=O) groups is 1. The monoisotopic (exact) mass is 449 g/mol. The molecule has 2 aromatic heterocycles. The lowest BCUT2D eigenvalue weighted by Gasteiger charge is -2.29. The van der Waals surface area contributed by atoms with Gasteiger partial charge in [-0.15, -0.1) is 10.2 Å². The highest BCUT2D eigenvalue weighted by molar-refractivity contribution is 8.00. The van der Waals surface area contributed by atoms with Gasteiger partial charge in [0, 0.05) is 31.0 Å². The van der Waals surface area contributed by atoms with Gasteiger partial charge in [0.25, 0.3) is 0 Å². The second kappa shape index (κ2) is 10.3. The van der Waals surface area contributed by atoms with Crippen LogP contribution in [0.1, 0.15) is 51.2 Å². The van der Waals surface area contributed by atoms with Gasteiger partial charge in [0.15, 0.2) is 11.0 Å². The van der Waals surface area contributed by atoms with E-state index >= 15 is 0 Å². The number of benzene rings is 1. The van der Waals surface area contributed by atoms with Gasteiger partial charge in [-0.25, -0.2) is 0 Å². The summed E-state index contributed by atoms with van der Waals surface area (Å²) in [5, 5.41) is 9.65. The number of piperidine rings is 1. The average molecular weight is 450 g/mol. The minimum Gasteiger partial charge on any atom is -0.342 e. The second-order valence-electron chi connectivity index (χ2n) is 8.16. The van der Waals surface area contributed by atoms with E-state index in [2.05, 4.69) is 51.8 Å². The van der Waals surface area contributed by atoms with Crippen LogP contribution < -0.4 is 0 Å². The standard InChI is InChI=1S/C25H31N5OS/c1-4-19-11-9-12-20(5-2)22(19)30-23(21-13-10-14-26-17-21)27-28-25(30)32-18(3)24(31)29-15-7-6-8-16-29/h9-14,17-18H,4-8,15-16H2,1-3H3. The Labute approximate surface area is 194 Å². The summed E-state index contributed by atoms with van der Waals surface area (Å²) < 4.78 is 2.14. The molecule has 3 aromatic rings. The van der Waals surface area contributed by atoms with Crippen molar-refractivity contribution >= 4 is 17.7 Å². The molecule has 1 aliphatic heterocycles. The van der Waals surface area contributed by atoms with E-state index in [-0.39, 0.29) is 11.2 Å². The molecule has 1 fully saturated rings. The quantitative estimate of drug-likeness (QED) is 0.478. The number of rotatable bonds is 7. The van der Waals surface area contributed by atoms with E-state index in [1.54, 1.807) is 6.20 Å². The first-order valence-corrected chi connectivity index (χ1v) is 12.4. The molecule has 4 rings (SSSR count). The maximum Gasteiger partial charge on any atom is 0.235 e. The van der Waals surface area contributed by atoms with Gasteiger partial charge in [-0.3, -0.25) is 14.3 Å². The van der Waals surface area contributed by atoms with Gasteiger partial charge < -0.3 is 4.90 Å². The zero-order valence-corrected chi connectivity index (χ0v) is 19.9. The summed E-state index contributed by atoms with van der Waals surface area (Å²) in [6, 6.07) is 10.4. The summed E-state index contributed by atoms with van der Waals surface area (Å²) in [7, 11) is 0. The van der Waals surface area contributed by atoms with E-state index in [1.165, 1.54) is 29.3 Å². The Morgan fingerprint density at radius 1 is 1.03 bits per heavy atom. The number of hydrogen-bond acceptors (Lipinski definition) is 5. The van der Waals surface area contributed by atoms with Crippen LogP contribution in [0.3, 0.4) is 0 Å². The zero-order chi connectivity index (χ0) is 22.5. The predicted octanol–water partition coefficient (Wildman–Crippen LogP) is 4.95. The first kappa shape index (κ1) is 22.5. The van der Waals surface area contributed by atoms with Gasteiger partial charge in [0.2, 0.25) is 5.91 Å². The Bertz CT molecular complexity index is 1040. The van der Waals surface area contributed by atoms with Crippen molar-refractivity contribution in [3.8, 4) is 17.1 Å². The molecule has 1 unspecified atom stereocenters. The predicted molar refractivity (Wildman–Crippen MR) is 129 cm³/mol. The van der Waals surface area contributed by atoms with Crippen LogP contribution in [0.4, 0.5) is 0 Å². The largest absolute Gasteiger partial charge is 0.342 e. The van der Waals surface area contributed by atoms with Crippen LogP contribution in [0.2, 0.25) is 0 Å². The number of nitrogens with zero attached hydrogens (tertiary/aromatic N) is 5. The normalized spacial score (nSPS) is 15.0. The van der Waals surface area contributed by atoms with E-state index in [1.807, 2.05) is 30.2 Å². The number of hydrogen-bond donors (Lipinski definition) is 0. The van der Waals surface area contributed by atoms with Crippen molar-refractivity contribution in [3.63, 3.8) is 0 Å². The third kappa shape index (κ3) is 4.58. The molecule has 3 heterocycles. The third-order valence-corrected chi connectivity index (χ3v) is 7.07. The van der Waals surface area contributed by atoms with Crippen LogP contribution in [0.15, 0.2) is 47.9 Å². The molecule has 1 aliphatic rings. The smallest absolute Gasteiger partial charge is 0.235 e. The molecule has 0 N–H and O–H groups in total. The van der Waals surface area contributed by atoms with Crippen molar-refractivity contribution in [1.82, 2.24) is 24.6 Å². The molecule has 6 nitrogen and oxygen atoms in total. The van der Waals surface area contributed by atoms with E-state index in [0.717, 1.165) is 61.0 Å². The van der Waals surface area contributed by atoms with E-state index in [4.69, 9.17) is 0 Å². The van der Waals surface area contributed by atoms with E-state index in [9.17, 15) is 4.79 Å². The van der Waals surface area contributed by atoms with Crippen molar-refractivity contribution in [2.45, 2.75) is 63.3 Å². The lowest BCUT2D eigenvalue weighted by Crippen LogP contribution is -2.40. The molecular weight excluding hydrogens is 418 g/mol. The Morgan fingerprint density at radius 3 is 2.38 bits per heavy atom. The Morgan fingerprint density at radius 2 is 1.75 bits per heavy atom. The second-order valence-corrected chi connectivity index (χ2v) is 9.47. The van der Waals surface area contributed by atoms with Crippen molar-refractivity contribution in [2.75, 3.05) is 13.1 Å². The molecule has 168 valence electrons. The number of likely N-dealkylation sites (tertiary alicyclic amines) is 1. The Hall–Kier alpha value is -2.67. The van der Waals surface area contributed by atoms with Gasteiger partial charge in [0.1, 0.15) is 0 Å². The first-order chi connectivity index (χ1) is 15.6. The van der Waals surface area contributed by atoms with Gasteiger partial charge in [-0.05, 0) is 62.3 Å². The van der Waals surface area contributed by atoms with Crippen molar-refractivity contribution in [2.24, 2.45) is 0 Å². The summed E-state index contributed by atoms with van der Waals surface area (Å²) in [4.78, 5) is 19.4. The van der Waals surface area contributed by atoms with Crippen LogP contribution >= 0.6 is 11.8 Å². The van der Waals surface area contributed by atoms with Crippen LogP contribution in [-0.2, 0) is 17.6 Å². The fraction of sp³-hybridized carbons (Fsp3) is 0.440. The minimum absolute atomic E-state index is 0.187. The topological polar surface area (TPSA) is 63.9 Å². The van der Waals surface area contributed by atoms with E-state index in [0.29, 0.717) is 0 Å². The molecule has 0 aliphatic carbocycles. The number of aryl methyl sites for hydroxylation is 2. The molecule has 32 heavy (non-hydrogen) atoms. The van der Waals surface area contributed by atoms with Crippen molar-refractivity contribution < 1.29 is 4.79 Å². The van der Waals surface area contributed by atoms with Crippen molar-refractivity contribution in [3.05, 3.63) is 53.9 Å². The molecule has 7 heteroatoms. The molecule has 0 bridgehead atoms. The Balaban J connectivity index is 1.78. The molecule has 1 aromatic carbocycles. The van der Waals surface area contributed by atoms with Crippen LogP contribution in [-0.4, -0.2) is 48.9 Å². The fourth-order valence-corrected chi connectivity index (χ4v) is 5.25. The third-order valence-electron chi connectivity index (χ3n) is 6.04. The lowest BCUT2D eigenvalue weighted by molar-refractivity contribution is -0.131. The highest BCUT2D eigenvalue weighted by atomic mass is 32.2. The van der Waals surface area contributed by atoms with Gasteiger partial charge in [-0.1, -0.05) is 43.8 Å².